The van der Waals surface area contributed by atoms with Crippen molar-refractivity contribution in [2.45, 2.75) is 25.3 Å². The molecule has 0 aliphatic carbocycles. The zero-order valence-electron chi connectivity index (χ0n) is 7.03. The summed E-state index contributed by atoms with van der Waals surface area (Å²) in [5, 5.41) is 8.35. The molecule has 6 nitrogen and oxygen atoms in total. The average molecular weight is 188 g/mol. The highest BCUT2D eigenvalue weighted by Crippen LogP contribution is 1.98. The summed E-state index contributed by atoms with van der Waals surface area (Å²) in [4.78, 5) is 31.3. The summed E-state index contributed by atoms with van der Waals surface area (Å²) in [6.07, 6.45) is -0.357. The molecule has 0 aliphatic rings. The Morgan fingerprint density at radius 2 is 1.85 bits per heavy atom. The quantitative estimate of drug-likeness (QED) is 0.443. The van der Waals surface area contributed by atoms with Crippen LogP contribution in [0, 0.1) is 0 Å². The topological polar surface area (TPSA) is 123 Å². The van der Waals surface area contributed by atoms with Gasteiger partial charge in [-0.25, -0.2) is 0 Å². The summed E-state index contributed by atoms with van der Waals surface area (Å²) < 4.78 is 0. The standard InChI is InChI=1S/C7H12N2O4/c8-5(7(12)13)2-1-4(10)3-6(9)11/h5H,1-3,8H2,(H2,9,11)(H,12,13). The van der Waals surface area contributed by atoms with Gasteiger partial charge in [-0.15, -0.1) is 0 Å². The van der Waals surface area contributed by atoms with Crippen LogP contribution in [0.3, 0.4) is 0 Å². The van der Waals surface area contributed by atoms with Crippen LogP contribution in [0.25, 0.3) is 0 Å². The Morgan fingerprint density at radius 3 is 2.23 bits per heavy atom. The summed E-state index contributed by atoms with van der Waals surface area (Å²) in [6, 6.07) is -1.06. The Kier molecular flexibility index (Phi) is 4.68. The highest BCUT2D eigenvalue weighted by molar-refractivity contribution is 5.97. The van der Waals surface area contributed by atoms with Gasteiger partial charge < -0.3 is 16.6 Å². The summed E-state index contributed by atoms with van der Waals surface area (Å²) in [6.45, 7) is 0. The van der Waals surface area contributed by atoms with E-state index in [1.54, 1.807) is 0 Å². The maximum absolute atomic E-state index is 10.8. The van der Waals surface area contributed by atoms with E-state index in [0.717, 1.165) is 0 Å². The van der Waals surface area contributed by atoms with Crippen molar-refractivity contribution in [2.75, 3.05) is 0 Å². The number of carboxylic acid groups (broad SMARTS) is 1. The molecule has 1 unspecified atom stereocenters. The minimum atomic E-state index is -1.16. The fourth-order valence-electron chi connectivity index (χ4n) is 0.723. The normalized spacial score (nSPS) is 12.1. The third-order valence-corrected chi connectivity index (χ3v) is 1.42. The molecule has 0 aromatic rings. The summed E-state index contributed by atoms with van der Waals surface area (Å²) in [5.74, 6) is -2.26. The largest absolute Gasteiger partial charge is 0.480 e. The zero-order valence-corrected chi connectivity index (χ0v) is 7.03. The number of carbonyl (C=O) groups excluding carboxylic acids is 2. The molecule has 0 heterocycles. The van der Waals surface area contributed by atoms with E-state index >= 15 is 0 Å². The van der Waals surface area contributed by atoms with Gasteiger partial charge in [0.1, 0.15) is 11.8 Å². The Bertz CT molecular complexity index is 227. The lowest BCUT2D eigenvalue weighted by molar-refractivity contribution is -0.138. The zero-order chi connectivity index (χ0) is 10.4. The Balaban J connectivity index is 3.70. The third kappa shape index (κ3) is 5.80. The molecule has 6 heteroatoms. The van der Waals surface area contributed by atoms with E-state index in [4.69, 9.17) is 16.6 Å². The summed E-state index contributed by atoms with van der Waals surface area (Å²) >= 11 is 0. The lowest BCUT2D eigenvalue weighted by Gasteiger charge is -2.03. The molecule has 0 aromatic carbocycles. The number of carboxylic acids is 1. The molecule has 74 valence electrons. The number of carbonyl (C=O) groups is 3. The fourth-order valence-corrected chi connectivity index (χ4v) is 0.723. The predicted octanol–water partition coefficient (Wildman–Crippen LogP) is -1.38. The molecule has 0 aromatic heterocycles. The van der Waals surface area contributed by atoms with Crippen molar-refractivity contribution in [2.24, 2.45) is 11.5 Å². The van der Waals surface area contributed by atoms with E-state index in [2.05, 4.69) is 0 Å². The van der Waals surface area contributed by atoms with Crippen LogP contribution in [-0.4, -0.2) is 28.8 Å². The Morgan fingerprint density at radius 1 is 1.31 bits per heavy atom. The average Bonchev–Trinajstić information content (AvgIpc) is 1.98. The first-order valence-corrected chi connectivity index (χ1v) is 3.72. The van der Waals surface area contributed by atoms with E-state index in [9.17, 15) is 14.4 Å². The van der Waals surface area contributed by atoms with Crippen LogP contribution in [0.5, 0.6) is 0 Å². The van der Waals surface area contributed by atoms with Crippen LogP contribution >= 0.6 is 0 Å². The maximum atomic E-state index is 10.8. The molecule has 1 amide bonds. The molecule has 1 atom stereocenters. The lowest BCUT2D eigenvalue weighted by atomic mass is 10.1. The summed E-state index contributed by atoms with van der Waals surface area (Å²) in [7, 11) is 0. The first kappa shape index (κ1) is 11.6. The van der Waals surface area contributed by atoms with Crippen LogP contribution in [0.1, 0.15) is 19.3 Å². The van der Waals surface area contributed by atoms with Gasteiger partial charge in [-0.1, -0.05) is 0 Å². The number of nitrogens with two attached hydrogens (primary N) is 2. The molecule has 0 radical (unpaired) electrons. The van der Waals surface area contributed by atoms with Gasteiger partial charge in [0.05, 0.1) is 6.42 Å². The summed E-state index contributed by atoms with van der Waals surface area (Å²) in [5.41, 5.74) is 9.88. The molecule has 0 bridgehead atoms. The van der Waals surface area contributed by atoms with Crippen molar-refractivity contribution in [3.63, 3.8) is 0 Å². The van der Waals surface area contributed by atoms with Gasteiger partial charge >= 0.3 is 5.97 Å². The first-order valence-electron chi connectivity index (χ1n) is 3.72. The molecule has 0 rings (SSSR count). The van der Waals surface area contributed by atoms with Crippen molar-refractivity contribution >= 4 is 17.7 Å². The monoisotopic (exact) mass is 188 g/mol. The number of ketones is 1. The molecular weight excluding hydrogens is 176 g/mol. The second kappa shape index (κ2) is 5.26. The van der Waals surface area contributed by atoms with Gasteiger partial charge in [-0.3, -0.25) is 14.4 Å². The minimum Gasteiger partial charge on any atom is -0.480 e. The second-order valence-corrected chi connectivity index (χ2v) is 2.67. The Labute approximate surface area is 74.9 Å². The molecule has 5 N–H and O–H groups in total. The van der Waals surface area contributed by atoms with Crippen LogP contribution in [0.15, 0.2) is 0 Å². The van der Waals surface area contributed by atoms with Gasteiger partial charge in [0.25, 0.3) is 0 Å². The van der Waals surface area contributed by atoms with Crippen molar-refractivity contribution in [1.82, 2.24) is 0 Å². The first-order chi connectivity index (χ1) is 5.93. The van der Waals surface area contributed by atoms with Crippen molar-refractivity contribution in [1.29, 1.82) is 0 Å². The molecule has 0 aliphatic heterocycles. The predicted molar refractivity (Wildman–Crippen MR) is 43.7 cm³/mol. The van der Waals surface area contributed by atoms with E-state index in [0.29, 0.717) is 0 Å². The van der Waals surface area contributed by atoms with Crippen LogP contribution < -0.4 is 11.5 Å². The number of aliphatic carboxylic acids is 1. The molecule has 13 heavy (non-hydrogen) atoms. The maximum Gasteiger partial charge on any atom is 0.320 e. The van der Waals surface area contributed by atoms with Gasteiger partial charge in [0, 0.05) is 6.42 Å². The van der Waals surface area contributed by atoms with Crippen molar-refractivity contribution in [3.8, 4) is 0 Å². The number of hydrogen-bond donors (Lipinski definition) is 3. The van der Waals surface area contributed by atoms with E-state index in [-0.39, 0.29) is 25.0 Å². The van der Waals surface area contributed by atoms with Crippen molar-refractivity contribution < 1.29 is 19.5 Å². The van der Waals surface area contributed by atoms with Gasteiger partial charge in [-0.2, -0.15) is 0 Å². The van der Waals surface area contributed by atoms with Gasteiger partial charge in [0.15, 0.2) is 0 Å². The van der Waals surface area contributed by atoms with E-state index < -0.39 is 17.9 Å². The van der Waals surface area contributed by atoms with Gasteiger partial charge in [0.2, 0.25) is 5.91 Å². The van der Waals surface area contributed by atoms with E-state index in [1.165, 1.54) is 0 Å². The smallest absolute Gasteiger partial charge is 0.320 e. The highest BCUT2D eigenvalue weighted by Gasteiger charge is 2.14. The molecule has 0 saturated carbocycles. The molecule has 0 saturated heterocycles. The van der Waals surface area contributed by atoms with Gasteiger partial charge in [-0.05, 0) is 6.42 Å². The number of amides is 1. The van der Waals surface area contributed by atoms with Crippen LogP contribution in [0.2, 0.25) is 0 Å². The van der Waals surface area contributed by atoms with Crippen LogP contribution in [0.4, 0.5) is 0 Å². The minimum absolute atomic E-state index is 0.0292. The lowest BCUT2D eigenvalue weighted by Crippen LogP contribution is -2.30. The Hall–Kier alpha value is -1.43. The number of primary amides is 1. The third-order valence-electron chi connectivity index (χ3n) is 1.42. The molecular formula is C7H12N2O4. The number of hydrogen-bond acceptors (Lipinski definition) is 4. The number of Topliss-reactive ketones (excluding diaryl/α,β-unsaturated/α-hetero) is 1. The van der Waals surface area contributed by atoms with Crippen LogP contribution in [-0.2, 0) is 14.4 Å². The second-order valence-electron chi connectivity index (χ2n) is 2.67. The number of rotatable bonds is 6. The SMILES string of the molecule is NC(=O)CC(=O)CCC(N)C(=O)O. The fraction of sp³-hybridized carbons (Fsp3) is 0.571. The molecule has 0 fully saturated rings. The highest BCUT2D eigenvalue weighted by atomic mass is 16.4. The van der Waals surface area contributed by atoms with Crippen molar-refractivity contribution in [3.05, 3.63) is 0 Å². The van der Waals surface area contributed by atoms with E-state index in [1.807, 2.05) is 0 Å². The molecule has 0 spiro atoms.